The molecule has 0 saturated heterocycles. The lowest BCUT2D eigenvalue weighted by molar-refractivity contribution is 0.0789. The number of hydrogen-bond acceptors (Lipinski definition) is 2. The Morgan fingerprint density at radius 1 is 1.69 bits per heavy atom. The first-order valence-electron chi connectivity index (χ1n) is 4.20. The van der Waals surface area contributed by atoms with Crippen LogP contribution in [0, 0.1) is 3.57 Å². The van der Waals surface area contributed by atoms with Gasteiger partial charge in [0.05, 0.1) is 0 Å². The highest BCUT2D eigenvalue weighted by molar-refractivity contribution is 14.1. The van der Waals surface area contributed by atoms with Crippen LogP contribution in [-0.2, 0) is 0 Å². The van der Waals surface area contributed by atoms with E-state index < -0.39 is 0 Å². The van der Waals surface area contributed by atoms with Crippen molar-refractivity contribution in [2.75, 3.05) is 7.05 Å². The van der Waals surface area contributed by atoms with Gasteiger partial charge in [-0.25, -0.2) is 0 Å². The molecule has 0 N–H and O–H groups in total. The van der Waals surface area contributed by atoms with Crippen molar-refractivity contribution in [1.82, 2.24) is 4.90 Å². The molecule has 13 heavy (non-hydrogen) atoms. The van der Waals surface area contributed by atoms with Crippen LogP contribution >= 0.6 is 33.9 Å². The van der Waals surface area contributed by atoms with Gasteiger partial charge in [0.25, 0.3) is 5.91 Å². The predicted molar refractivity (Wildman–Crippen MR) is 62.2 cm³/mol. The standard InChI is InChI=1S/C9H10INOS/c1-11(6-2-3-6)9(12)8-7(10)4-5-13-8/h4-6H,2-3H2,1H3. The lowest BCUT2D eigenvalue weighted by atomic mass is 10.4. The van der Waals surface area contributed by atoms with E-state index >= 15 is 0 Å². The maximum Gasteiger partial charge on any atom is 0.265 e. The highest BCUT2D eigenvalue weighted by Gasteiger charge is 2.31. The second-order valence-corrected chi connectivity index (χ2v) is 5.32. The van der Waals surface area contributed by atoms with E-state index in [-0.39, 0.29) is 5.91 Å². The number of carbonyl (C=O) groups is 1. The quantitative estimate of drug-likeness (QED) is 0.769. The summed E-state index contributed by atoms with van der Waals surface area (Å²) in [6.45, 7) is 0. The molecule has 2 nitrogen and oxygen atoms in total. The van der Waals surface area contributed by atoms with Gasteiger partial charge in [0.2, 0.25) is 0 Å². The maximum atomic E-state index is 11.8. The Morgan fingerprint density at radius 3 is 2.85 bits per heavy atom. The van der Waals surface area contributed by atoms with Crippen LogP contribution in [0.4, 0.5) is 0 Å². The van der Waals surface area contributed by atoms with Gasteiger partial charge in [0.1, 0.15) is 4.88 Å². The lowest BCUT2D eigenvalue weighted by Crippen LogP contribution is -2.28. The largest absolute Gasteiger partial charge is 0.338 e. The van der Waals surface area contributed by atoms with E-state index in [0.29, 0.717) is 6.04 Å². The highest BCUT2D eigenvalue weighted by atomic mass is 127. The molecule has 0 aromatic carbocycles. The second kappa shape index (κ2) is 3.57. The van der Waals surface area contributed by atoms with Crippen molar-refractivity contribution in [3.8, 4) is 0 Å². The molecule has 1 aliphatic rings. The number of amides is 1. The lowest BCUT2D eigenvalue weighted by Gasteiger charge is -2.14. The van der Waals surface area contributed by atoms with E-state index in [1.807, 2.05) is 23.4 Å². The van der Waals surface area contributed by atoms with Gasteiger partial charge in [-0.3, -0.25) is 4.79 Å². The number of halogens is 1. The fourth-order valence-electron chi connectivity index (χ4n) is 1.23. The molecule has 1 aromatic heterocycles. The minimum absolute atomic E-state index is 0.182. The van der Waals surface area contributed by atoms with Crippen LogP contribution < -0.4 is 0 Å². The van der Waals surface area contributed by atoms with Gasteiger partial charge in [-0.15, -0.1) is 11.3 Å². The molecule has 0 atom stereocenters. The normalized spacial score (nSPS) is 15.8. The fraction of sp³-hybridized carbons (Fsp3) is 0.444. The van der Waals surface area contributed by atoms with Crippen LogP contribution in [-0.4, -0.2) is 23.9 Å². The summed E-state index contributed by atoms with van der Waals surface area (Å²) in [4.78, 5) is 14.6. The maximum absolute atomic E-state index is 11.8. The summed E-state index contributed by atoms with van der Waals surface area (Å²) in [6, 6.07) is 2.49. The summed E-state index contributed by atoms with van der Waals surface area (Å²) in [5, 5.41) is 1.97. The van der Waals surface area contributed by atoms with E-state index in [0.717, 1.165) is 8.45 Å². The van der Waals surface area contributed by atoms with Crippen LogP contribution in [0.25, 0.3) is 0 Å². The van der Waals surface area contributed by atoms with E-state index in [1.165, 1.54) is 24.2 Å². The minimum atomic E-state index is 0.182. The van der Waals surface area contributed by atoms with E-state index in [2.05, 4.69) is 22.6 Å². The zero-order chi connectivity index (χ0) is 9.42. The number of thiophene rings is 1. The van der Waals surface area contributed by atoms with Crippen LogP contribution in [0.15, 0.2) is 11.4 Å². The third kappa shape index (κ3) is 1.88. The van der Waals surface area contributed by atoms with Crippen LogP contribution in [0.5, 0.6) is 0 Å². The molecule has 0 unspecified atom stereocenters. The van der Waals surface area contributed by atoms with Crippen LogP contribution in [0.3, 0.4) is 0 Å². The molecular formula is C9H10INOS. The smallest absolute Gasteiger partial charge is 0.265 e. The van der Waals surface area contributed by atoms with Crippen molar-refractivity contribution in [3.63, 3.8) is 0 Å². The molecule has 0 spiro atoms. The molecule has 0 aliphatic heterocycles. The van der Waals surface area contributed by atoms with Gasteiger partial charge >= 0.3 is 0 Å². The average Bonchev–Trinajstić information content (AvgIpc) is 2.87. The first-order valence-corrected chi connectivity index (χ1v) is 6.16. The van der Waals surface area contributed by atoms with E-state index in [9.17, 15) is 4.79 Å². The number of hydrogen-bond donors (Lipinski definition) is 0. The van der Waals surface area contributed by atoms with Crippen molar-refractivity contribution >= 4 is 39.8 Å². The fourth-order valence-corrected chi connectivity index (χ4v) is 3.04. The number of carbonyl (C=O) groups excluding carboxylic acids is 1. The third-order valence-corrected chi connectivity index (χ3v) is 4.39. The Bertz CT molecular complexity index is 332. The minimum Gasteiger partial charge on any atom is -0.338 e. The summed E-state index contributed by atoms with van der Waals surface area (Å²) in [7, 11) is 1.90. The highest BCUT2D eigenvalue weighted by Crippen LogP contribution is 2.29. The van der Waals surface area contributed by atoms with Gasteiger partial charge in [-0.2, -0.15) is 0 Å². The summed E-state index contributed by atoms with van der Waals surface area (Å²) < 4.78 is 1.07. The van der Waals surface area contributed by atoms with Gasteiger partial charge in [0.15, 0.2) is 0 Å². The number of nitrogens with zero attached hydrogens (tertiary/aromatic N) is 1. The molecule has 0 radical (unpaired) electrons. The topological polar surface area (TPSA) is 20.3 Å². The SMILES string of the molecule is CN(C(=O)c1sccc1I)C1CC1. The molecular weight excluding hydrogens is 297 g/mol. The molecule has 2 rings (SSSR count). The van der Waals surface area contributed by atoms with E-state index in [1.54, 1.807) is 0 Å². The van der Waals surface area contributed by atoms with Crippen LogP contribution in [0.1, 0.15) is 22.5 Å². The zero-order valence-electron chi connectivity index (χ0n) is 7.29. The van der Waals surface area contributed by atoms with Crippen molar-refractivity contribution in [3.05, 3.63) is 19.9 Å². The predicted octanol–water partition coefficient (Wildman–Crippen LogP) is 2.59. The van der Waals surface area contributed by atoms with Gasteiger partial charge in [0, 0.05) is 16.7 Å². The molecule has 0 bridgehead atoms. The molecule has 1 amide bonds. The van der Waals surface area contributed by atoms with E-state index in [4.69, 9.17) is 0 Å². The monoisotopic (exact) mass is 307 g/mol. The first kappa shape index (κ1) is 9.45. The Hall–Kier alpha value is -0.100. The molecule has 70 valence electrons. The van der Waals surface area contributed by atoms with Gasteiger partial charge < -0.3 is 4.90 Å². The van der Waals surface area contributed by atoms with Crippen molar-refractivity contribution in [2.24, 2.45) is 0 Å². The molecule has 1 heterocycles. The molecule has 1 aliphatic carbocycles. The Balaban J connectivity index is 2.16. The molecule has 4 heteroatoms. The summed E-state index contributed by atoms with van der Waals surface area (Å²) in [5.41, 5.74) is 0. The Labute approximate surface area is 95.1 Å². The average molecular weight is 307 g/mol. The van der Waals surface area contributed by atoms with Crippen molar-refractivity contribution in [2.45, 2.75) is 18.9 Å². The molecule has 1 saturated carbocycles. The van der Waals surface area contributed by atoms with Crippen LogP contribution in [0.2, 0.25) is 0 Å². The summed E-state index contributed by atoms with van der Waals surface area (Å²) in [6.07, 6.45) is 2.34. The van der Waals surface area contributed by atoms with Gasteiger partial charge in [-0.1, -0.05) is 0 Å². The third-order valence-electron chi connectivity index (χ3n) is 2.23. The first-order chi connectivity index (χ1) is 6.20. The second-order valence-electron chi connectivity index (χ2n) is 3.24. The number of rotatable bonds is 2. The van der Waals surface area contributed by atoms with Crippen molar-refractivity contribution < 1.29 is 4.79 Å². The van der Waals surface area contributed by atoms with Gasteiger partial charge in [-0.05, 0) is 46.9 Å². The molecule has 1 aromatic rings. The Morgan fingerprint density at radius 2 is 2.38 bits per heavy atom. The Kier molecular flexibility index (Phi) is 2.60. The summed E-state index contributed by atoms with van der Waals surface area (Å²) in [5.74, 6) is 0.182. The van der Waals surface area contributed by atoms with Crippen molar-refractivity contribution in [1.29, 1.82) is 0 Å². The summed E-state index contributed by atoms with van der Waals surface area (Å²) >= 11 is 3.74. The zero-order valence-corrected chi connectivity index (χ0v) is 10.3. The molecule has 1 fully saturated rings.